The van der Waals surface area contributed by atoms with Gasteiger partial charge in [0.2, 0.25) is 0 Å². The molecule has 0 saturated carbocycles. The van der Waals surface area contributed by atoms with Crippen LogP contribution in [-0.2, 0) is 18.8 Å². The Balaban J connectivity index is 2.37. The van der Waals surface area contributed by atoms with Crippen LogP contribution in [0.4, 0.5) is 0 Å². The van der Waals surface area contributed by atoms with Gasteiger partial charge in [-0.1, -0.05) is 111 Å². The molecule has 0 aliphatic rings. The number of carbonyl (C=O) groups excluding carboxylic acids is 2. The van der Waals surface area contributed by atoms with Crippen molar-refractivity contribution in [3.05, 3.63) is 60.7 Å². The van der Waals surface area contributed by atoms with E-state index in [9.17, 15) is 9.59 Å². The van der Waals surface area contributed by atoms with Crippen molar-refractivity contribution >= 4 is 46.4 Å². The van der Waals surface area contributed by atoms with Crippen molar-refractivity contribution in [2.75, 3.05) is 13.2 Å². The quantitative estimate of drug-likeness (QED) is 0.195. The molecule has 2 rings (SSSR count). The molecule has 174 valence electrons. The number of alkyl halides is 1. The molecule has 0 saturated heterocycles. The summed E-state index contributed by atoms with van der Waals surface area (Å²) in [5.41, 5.74) is -0.344. The maximum absolute atomic E-state index is 12.4. The van der Waals surface area contributed by atoms with Crippen LogP contribution in [0.3, 0.4) is 0 Å². The first-order valence-electron chi connectivity index (χ1n) is 11.0. The third-order valence-electron chi connectivity index (χ3n) is 5.59. The van der Waals surface area contributed by atoms with Gasteiger partial charge in [0.05, 0.1) is 11.4 Å². The van der Waals surface area contributed by atoms with E-state index in [4.69, 9.17) is 9.16 Å². The lowest BCUT2D eigenvalue weighted by Crippen LogP contribution is -2.67. The zero-order valence-corrected chi connectivity index (χ0v) is 22.6. The molecule has 4 nitrogen and oxygen atoms in total. The Morgan fingerprint density at radius 3 is 1.78 bits per heavy atom. The van der Waals surface area contributed by atoms with E-state index >= 15 is 0 Å². The summed E-state index contributed by atoms with van der Waals surface area (Å²) in [6.07, 6.45) is 0.461. The highest BCUT2D eigenvalue weighted by Crippen LogP contribution is 2.38. The van der Waals surface area contributed by atoms with Crippen molar-refractivity contribution in [3.8, 4) is 0 Å². The van der Waals surface area contributed by atoms with Crippen LogP contribution in [-0.4, -0.2) is 38.1 Å². The van der Waals surface area contributed by atoms with Crippen molar-refractivity contribution in [1.82, 2.24) is 0 Å². The fraction of sp³-hybridized carbons (Fsp3) is 0.462. The predicted octanol–water partition coefficient (Wildman–Crippen LogP) is 4.88. The van der Waals surface area contributed by atoms with Crippen molar-refractivity contribution in [2.45, 2.75) is 57.8 Å². The average molecular weight is 520 g/mol. The second-order valence-corrected chi connectivity index (χ2v) is 15.3. The molecular formula is C26H35BrO4Si. The number of ketones is 1. The smallest absolute Gasteiger partial charge is 0.375 e. The maximum Gasteiger partial charge on any atom is 0.375 e. The minimum atomic E-state index is -2.66. The van der Waals surface area contributed by atoms with Crippen LogP contribution < -0.4 is 10.4 Å². The van der Waals surface area contributed by atoms with E-state index in [-0.39, 0.29) is 17.1 Å². The van der Waals surface area contributed by atoms with E-state index in [0.29, 0.717) is 13.0 Å². The van der Waals surface area contributed by atoms with E-state index in [1.165, 1.54) is 10.4 Å². The molecule has 0 amide bonds. The molecular weight excluding hydrogens is 484 g/mol. The number of benzene rings is 2. The number of carbonyl (C=O) groups is 2. The average Bonchev–Trinajstić information content (AvgIpc) is 2.74. The SMILES string of the molecule is CCOC(=O)C(=O)C(Br)CC(C)(C)CO[Si](c1ccccc1)(c1ccccc1)C(C)(C)C. The van der Waals surface area contributed by atoms with Crippen LogP contribution in [0, 0.1) is 5.41 Å². The van der Waals surface area contributed by atoms with Crippen molar-refractivity contribution in [2.24, 2.45) is 5.41 Å². The number of halogens is 1. The van der Waals surface area contributed by atoms with Crippen LogP contribution in [0.2, 0.25) is 5.04 Å². The number of esters is 1. The summed E-state index contributed by atoms with van der Waals surface area (Å²) in [7, 11) is -2.66. The van der Waals surface area contributed by atoms with Gasteiger partial charge in [0.1, 0.15) is 0 Å². The van der Waals surface area contributed by atoms with E-state index in [1.807, 2.05) is 12.1 Å². The third-order valence-corrected chi connectivity index (χ3v) is 11.3. The van der Waals surface area contributed by atoms with Gasteiger partial charge in [-0.15, -0.1) is 0 Å². The molecule has 32 heavy (non-hydrogen) atoms. The summed E-state index contributed by atoms with van der Waals surface area (Å²) in [6, 6.07) is 20.9. The highest BCUT2D eigenvalue weighted by molar-refractivity contribution is 9.10. The number of Topliss-reactive ketones (excluding diaryl/α,β-unsaturated/α-hetero) is 1. The molecule has 0 N–H and O–H groups in total. The van der Waals surface area contributed by atoms with Crippen LogP contribution >= 0.6 is 15.9 Å². The molecule has 0 spiro atoms. The van der Waals surface area contributed by atoms with Crippen molar-refractivity contribution < 1.29 is 18.8 Å². The molecule has 0 aliphatic heterocycles. The molecule has 2 aromatic carbocycles. The maximum atomic E-state index is 12.4. The van der Waals surface area contributed by atoms with Gasteiger partial charge in [0.15, 0.2) is 0 Å². The normalized spacial score (nSPS) is 13.5. The second kappa shape index (κ2) is 10.9. The standard InChI is InChI=1S/C26H35BrO4Si/c1-7-30-24(29)23(28)22(27)18-26(5,6)19-31-32(25(2,3)4,20-14-10-8-11-15-20)21-16-12-9-13-17-21/h8-17,22H,7,18-19H2,1-6H3. The molecule has 0 aromatic heterocycles. The molecule has 1 unspecified atom stereocenters. The fourth-order valence-corrected chi connectivity index (χ4v) is 9.86. The van der Waals surface area contributed by atoms with Crippen LogP contribution in [0.15, 0.2) is 60.7 Å². The van der Waals surface area contributed by atoms with Gasteiger partial charge in [-0.3, -0.25) is 4.79 Å². The minimum Gasteiger partial charge on any atom is -0.460 e. The first-order chi connectivity index (χ1) is 14.9. The zero-order valence-electron chi connectivity index (χ0n) is 20.0. The van der Waals surface area contributed by atoms with E-state index in [1.54, 1.807) is 6.92 Å². The molecule has 1 atom stereocenters. The zero-order chi connectivity index (χ0) is 24.0. The topological polar surface area (TPSA) is 52.6 Å². The van der Waals surface area contributed by atoms with Crippen molar-refractivity contribution in [1.29, 1.82) is 0 Å². The Morgan fingerprint density at radius 1 is 0.906 bits per heavy atom. The van der Waals surface area contributed by atoms with Crippen LogP contribution in [0.1, 0.15) is 48.0 Å². The minimum absolute atomic E-state index is 0.125. The molecule has 6 heteroatoms. The largest absolute Gasteiger partial charge is 0.460 e. The summed E-state index contributed by atoms with van der Waals surface area (Å²) < 4.78 is 11.9. The fourth-order valence-electron chi connectivity index (χ4n) is 4.03. The van der Waals surface area contributed by atoms with Gasteiger partial charge < -0.3 is 9.16 Å². The molecule has 2 aromatic rings. The number of rotatable bonds is 10. The van der Waals surface area contributed by atoms with E-state index < -0.39 is 24.9 Å². The van der Waals surface area contributed by atoms with Gasteiger partial charge in [0.25, 0.3) is 14.1 Å². The van der Waals surface area contributed by atoms with Crippen LogP contribution in [0.5, 0.6) is 0 Å². The molecule has 0 radical (unpaired) electrons. The number of hydrogen-bond acceptors (Lipinski definition) is 4. The lowest BCUT2D eigenvalue weighted by Gasteiger charge is -2.45. The van der Waals surface area contributed by atoms with Gasteiger partial charge in [-0.05, 0) is 34.2 Å². The lowest BCUT2D eigenvalue weighted by atomic mass is 9.88. The second-order valence-electron chi connectivity index (χ2n) is 9.87. The number of hydrogen-bond donors (Lipinski definition) is 0. The Labute approximate surface area is 202 Å². The molecule has 0 aliphatic carbocycles. The first-order valence-corrected chi connectivity index (χ1v) is 13.9. The summed E-state index contributed by atoms with van der Waals surface area (Å²) in [5, 5.41) is 2.31. The first kappa shape index (κ1) is 26.5. The highest BCUT2D eigenvalue weighted by atomic mass is 79.9. The van der Waals surface area contributed by atoms with E-state index in [2.05, 4.69) is 99.1 Å². The van der Waals surface area contributed by atoms with Gasteiger partial charge in [0, 0.05) is 6.61 Å². The monoisotopic (exact) mass is 518 g/mol. The molecule has 0 heterocycles. The number of ether oxygens (including phenoxy) is 1. The summed E-state index contributed by atoms with van der Waals surface area (Å²) in [6.45, 7) is 13.2. The molecule has 0 bridgehead atoms. The predicted molar refractivity (Wildman–Crippen MR) is 136 cm³/mol. The lowest BCUT2D eigenvalue weighted by molar-refractivity contribution is -0.153. The Kier molecular flexibility index (Phi) is 9.03. The van der Waals surface area contributed by atoms with Gasteiger partial charge in [-0.25, -0.2) is 4.79 Å². The van der Waals surface area contributed by atoms with Crippen LogP contribution in [0.25, 0.3) is 0 Å². The third kappa shape index (κ3) is 6.18. The van der Waals surface area contributed by atoms with Crippen molar-refractivity contribution in [3.63, 3.8) is 0 Å². The Morgan fingerprint density at radius 2 is 1.38 bits per heavy atom. The van der Waals surface area contributed by atoms with Gasteiger partial charge in [-0.2, -0.15) is 0 Å². The molecule has 0 fully saturated rings. The summed E-state index contributed by atoms with van der Waals surface area (Å²) in [5.74, 6) is -1.34. The van der Waals surface area contributed by atoms with Gasteiger partial charge >= 0.3 is 5.97 Å². The van der Waals surface area contributed by atoms with E-state index in [0.717, 1.165) is 0 Å². The summed E-state index contributed by atoms with van der Waals surface area (Å²) in [4.78, 5) is 23.6. The highest BCUT2D eigenvalue weighted by Gasteiger charge is 2.50. The summed E-state index contributed by atoms with van der Waals surface area (Å²) >= 11 is 3.40. The Hall–Kier alpha value is -1.76. The Bertz CT molecular complexity index is 852.